The summed E-state index contributed by atoms with van der Waals surface area (Å²) in [6.45, 7) is 10.7. The maximum Gasteiger partial charge on any atom is 0.417 e. The third-order valence-electron chi connectivity index (χ3n) is 3.71. The first-order valence-corrected chi connectivity index (χ1v) is 7.22. The highest BCUT2D eigenvalue weighted by molar-refractivity contribution is 5.75. The zero-order valence-corrected chi connectivity index (χ0v) is 13.5. The van der Waals surface area contributed by atoms with Crippen LogP contribution in [0.2, 0.25) is 0 Å². The number of hydrogen-bond acceptors (Lipinski definition) is 2. The zero-order valence-electron chi connectivity index (χ0n) is 13.5. The predicted molar refractivity (Wildman–Crippen MR) is 82.5 cm³/mol. The van der Waals surface area contributed by atoms with Gasteiger partial charge >= 0.3 is 6.18 Å². The molecule has 0 atom stereocenters. The van der Waals surface area contributed by atoms with E-state index in [4.69, 9.17) is 11.5 Å². The Labute approximate surface area is 124 Å². The van der Waals surface area contributed by atoms with E-state index in [2.05, 4.69) is 0 Å². The Kier molecular flexibility index (Phi) is 4.86. The normalized spacial score (nSPS) is 12.8. The van der Waals surface area contributed by atoms with E-state index in [9.17, 15) is 13.2 Å². The summed E-state index contributed by atoms with van der Waals surface area (Å²) in [5, 5.41) is 0. The van der Waals surface area contributed by atoms with E-state index in [0.29, 0.717) is 5.56 Å². The Morgan fingerprint density at radius 3 is 1.14 bits per heavy atom. The smallest absolute Gasteiger partial charge is 0.398 e. The van der Waals surface area contributed by atoms with Gasteiger partial charge in [0.15, 0.2) is 0 Å². The number of halogens is 3. The van der Waals surface area contributed by atoms with E-state index in [-0.39, 0.29) is 40.3 Å². The summed E-state index contributed by atoms with van der Waals surface area (Å²) in [6.07, 6.45) is -4.46. The van der Waals surface area contributed by atoms with Crippen molar-refractivity contribution < 1.29 is 13.2 Å². The number of benzene rings is 1. The van der Waals surface area contributed by atoms with Gasteiger partial charge in [-0.25, -0.2) is 0 Å². The van der Waals surface area contributed by atoms with Crippen molar-refractivity contribution in [2.24, 2.45) is 0 Å². The number of alkyl halides is 3. The highest BCUT2D eigenvalue weighted by Crippen LogP contribution is 2.48. The largest absolute Gasteiger partial charge is 0.417 e. The molecule has 120 valence electrons. The number of anilines is 2. The summed E-state index contributed by atoms with van der Waals surface area (Å²) >= 11 is 0. The molecule has 0 amide bonds. The first-order chi connectivity index (χ1) is 9.41. The molecule has 1 aromatic rings. The quantitative estimate of drug-likeness (QED) is 0.750. The summed E-state index contributed by atoms with van der Waals surface area (Å²) in [7, 11) is 0. The molecule has 0 heterocycles. The average molecular weight is 302 g/mol. The first kappa shape index (κ1) is 17.7. The van der Waals surface area contributed by atoms with Crippen LogP contribution < -0.4 is 11.5 Å². The highest BCUT2D eigenvalue weighted by Gasteiger charge is 2.40. The van der Waals surface area contributed by atoms with Crippen LogP contribution in [-0.4, -0.2) is 0 Å². The van der Waals surface area contributed by atoms with Crippen LogP contribution >= 0.6 is 0 Å². The van der Waals surface area contributed by atoms with Crippen molar-refractivity contribution in [2.45, 2.75) is 65.5 Å². The zero-order chi connectivity index (χ0) is 16.7. The minimum atomic E-state index is -4.46. The second kappa shape index (κ2) is 5.78. The number of nitrogen functional groups attached to an aromatic ring is 2. The molecule has 0 unspecified atom stereocenters. The number of rotatable bonds is 3. The fourth-order valence-corrected chi connectivity index (χ4v) is 2.98. The van der Waals surface area contributed by atoms with Gasteiger partial charge in [-0.2, -0.15) is 13.2 Å². The molecule has 0 spiro atoms. The topological polar surface area (TPSA) is 52.0 Å². The van der Waals surface area contributed by atoms with Gasteiger partial charge in [0, 0.05) is 16.9 Å². The molecule has 0 radical (unpaired) electrons. The maximum absolute atomic E-state index is 13.6. The van der Waals surface area contributed by atoms with Gasteiger partial charge in [0.25, 0.3) is 0 Å². The van der Waals surface area contributed by atoms with Crippen LogP contribution in [0.3, 0.4) is 0 Å². The lowest BCUT2D eigenvalue weighted by atomic mass is 9.81. The molecule has 0 aliphatic rings. The van der Waals surface area contributed by atoms with Gasteiger partial charge in [-0.05, 0) is 28.9 Å². The van der Waals surface area contributed by atoms with Crippen molar-refractivity contribution in [3.8, 4) is 0 Å². The minimum absolute atomic E-state index is 0.0257. The molecule has 0 aliphatic carbocycles. The lowest BCUT2D eigenvalue weighted by Crippen LogP contribution is -2.21. The lowest BCUT2D eigenvalue weighted by molar-refractivity contribution is -0.139. The van der Waals surface area contributed by atoms with E-state index >= 15 is 0 Å². The second-order valence-corrected chi connectivity index (χ2v) is 6.41. The fourth-order valence-electron chi connectivity index (χ4n) is 2.98. The third kappa shape index (κ3) is 3.11. The molecule has 0 saturated heterocycles. The van der Waals surface area contributed by atoms with Gasteiger partial charge in [-0.15, -0.1) is 0 Å². The average Bonchev–Trinajstić information content (AvgIpc) is 2.24. The van der Waals surface area contributed by atoms with Crippen LogP contribution in [0.1, 0.15) is 81.5 Å². The lowest BCUT2D eigenvalue weighted by Gasteiger charge is -2.29. The highest BCUT2D eigenvalue weighted by atomic mass is 19.4. The van der Waals surface area contributed by atoms with Crippen LogP contribution in [0.4, 0.5) is 24.5 Å². The molecule has 0 saturated carbocycles. The van der Waals surface area contributed by atoms with Gasteiger partial charge in [-0.1, -0.05) is 41.5 Å². The molecule has 1 aromatic carbocycles. The van der Waals surface area contributed by atoms with Gasteiger partial charge in [0.1, 0.15) is 0 Å². The van der Waals surface area contributed by atoms with Crippen LogP contribution in [-0.2, 0) is 6.18 Å². The molecule has 0 bridgehead atoms. The van der Waals surface area contributed by atoms with E-state index in [1.807, 2.05) is 13.8 Å². The van der Waals surface area contributed by atoms with Gasteiger partial charge in [0.05, 0.1) is 5.56 Å². The summed E-state index contributed by atoms with van der Waals surface area (Å²) in [5.74, 6) is -0.670. The van der Waals surface area contributed by atoms with E-state index < -0.39 is 11.7 Å². The number of hydrogen-bond donors (Lipinski definition) is 2. The van der Waals surface area contributed by atoms with Crippen molar-refractivity contribution in [3.63, 3.8) is 0 Å². The summed E-state index contributed by atoms with van der Waals surface area (Å²) in [6, 6.07) is 0. The Hall–Kier alpha value is -1.39. The van der Waals surface area contributed by atoms with Gasteiger partial charge in [-0.3, -0.25) is 0 Å². The van der Waals surface area contributed by atoms with Gasteiger partial charge in [0.2, 0.25) is 0 Å². The van der Waals surface area contributed by atoms with E-state index in [1.165, 1.54) is 0 Å². The van der Waals surface area contributed by atoms with Gasteiger partial charge < -0.3 is 11.5 Å². The summed E-state index contributed by atoms with van der Waals surface area (Å²) in [5.41, 5.74) is 12.9. The van der Waals surface area contributed by atoms with Crippen LogP contribution in [0, 0.1) is 0 Å². The molecule has 0 aliphatic heterocycles. The van der Waals surface area contributed by atoms with Crippen LogP contribution in [0.25, 0.3) is 0 Å². The number of nitrogens with two attached hydrogens (primary N) is 2. The van der Waals surface area contributed by atoms with Crippen molar-refractivity contribution in [2.75, 3.05) is 11.5 Å². The Morgan fingerprint density at radius 1 is 0.667 bits per heavy atom. The molecule has 4 N–H and O–H groups in total. The standard InChI is InChI=1S/C16H25F3N2/c1-7(2)10-13(16(17,18)19)11(8(3)4)15(21)12(9(5)6)14(10)20/h7-9H,20-21H2,1-6H3. The molecular formula is C16H25F3N2. The molecule has 5 heteroatoms. The van der Waals surface area contributed by atoms with E-state index in [0.717, 1.165) is 0 Å². The molecule has 1 rings (SSSR count). The SMILES string of the molecule is CC(C)c1c(N)c(C(C)C)c(C(F)(F)F)c(C(C)C)c1N. The fraction of sp³-hybridized carbons (Fsp3) is 0.625. The van der Waals surface area contributed by atoms with Crippen molar-refractivity contribution in [1.82, 2.24) is 0 Å². The van der Waals surface area contributed by atoms with Crippen LogP contribution in [0.5, 0.6) is 0 Å². The summed E-state index contributed by atoms with van der Waals surface area (Å²) < 4.78 is 40.8. The molecule has 21 heavy (non-hydrogen) atoms. The molecule has 0 aromatic heterocycles. The molecular weight excluding hydrogens is 277 g/mol. The van der Waals surface area contributed by atoms with Crippen LogP contribution in [0.15, 0.2) is 0 Å². The first-order valence-electron chi connectivity index (χ1n) is 7.22. The molecule has 2 nitrogen and oxygen atoms in total. The summed E-state index contributed by atoms with van der Waals surface area (Å²) in [4.78, 5) is 0. The molecule has 0 fully saturated rings. The monoisotopic (exact) mass is 302 g/mol. The van der Waals surface area contributed by atoms with Crippen molar-refractivity contribution >= 4 is 11.4 Å². The minimum Gasteiger partial charge on any atom is -0.398 e. The van der Waals surface area contributed by atoms with Crippen molar-refractivity contribution in [1.29, 1.82) is 0 Å². The second-order valence-electron chi connectivity index (χ2n) is 6.41. The van der Waals surface area contributed by atoms with E-state index in [1.54, 1.807) is 27.7 Å². The Bertz CT molecular complexity index is 494. The Morgan fingerprint density at radius 2 is 0.952 bits per heavy atom. The van der Waals surface area contributed by atoms with Crippen molar-refractivity contribution in [3.05, 3.63) is 22.3 Å². The third-order valence-corrected chi connectivity index (χ3v) is 3.71. The Balaban J connectivity index is 4.02. The maximum atomic E-state index is 13.6. The predicted octanol–water partition coefficient (Wildman–Crippen LogP) is 5.24.